The zero-order chi connectivity index (χ0) is 19.7. The van der Waals surface area contributed by atoms with E-state index in [-0.39, 0.29) is 17.6 Å². The number of nitrogen functional groups attached to an aromatic ring is 1. The first-order valence-corrected chi connectivity index (χ1v) is 8.69. The summed E-state index contributed by atoms with van der Waals surface area (Å²) in [6.45, 7) is 1.89. The van der Waals surface area contributed by atoms with Crippen LogP contribution < -0.4 is 15.8 Å². The Hall–Kier alpha value is -3.81. The van der Waals surface area contributed by atoms with Gasteiger partial charge in [-0.25, -0.2) is 4.98 Å². The number of oxazole rings is 1. The summed E-state index contributed by atoms with van der Waals surface area (Å²) >= 11 is 0. The van der Waals surface area contributed by atoms with Crippen LogP contribution in [0.3, 0.4) is 0 Å². The Balaban J connectivity index is 1.52. The lowest BCUT2D eigenvalue weighted by molar-refractivity contribution is 0.0935. The fraction of sp³-hybridized carbons (Fsp3) is 0.150. The summed E-state index contributed by atoms with van der Waals surface area (Å²) in [5.41, 5.74) is 8.49. The molecule has 4 rings (SSSR count). The molecule has 4 aromatic rings. The highest BCUT2D eigenvalue weighted by atomic mass is 16.5. The molecule has 0 aliphatic rings. The third-order valence-electron chi connectivity index (χ3n) is 4.52. The van der Waals surface area contributed by atoms with Crippen molar-refractivity contribution in [1.82, 2.24) is 20.5 Å². The maximum atomic E-state index is 12.6. The topological polar surface area (TPSA) is 119 Å². The van der Waals surface area contributed by atoms with Gasteiger partial charge in [-0.15, -0.1) is 0 Å². The molecule has 8 nitrogen and oxygen atoms in total. The third kappa shape index (κ3) is 3.27. The van der Waals surface area contributed by atoms with Crippen molar-refractivity contribution in [3.05, 3.63) is 60.0 Å². The number of nitrogens with two attached hydrogens (primary N) is 1. The number of methoxy groups -OCH3 is 1. The Morgan fingerprint density at radius 3 is 2.96 bits per heavy atom. The van der Waals surface area contributed by atoms with E-state index in [0.717, 1.165) is 22.2 Å². The molecule has 0 fully saturated rings. The van der Waals surface area contributed by atoms with Gasteiger partial charge < -0.3 is 20.2 Å². The molecule has 0 saturated carbocycles. The lowest BCUT2D eigenvalue weighted by Crippen LogP contribution is -2.26. The quantitative estimate of drug-likeness (QED) is 0.491. The first-order chi connectivity index (χ1) is 13.5. The lowest BCUT2D eigenvalue weighted by atomic mass is 10.1. The Kier molecular flexibility index (Phi) is 4.44. The molecule has 8 heteroatoms. The molecule has 0 radical (unpaired) electrons. The summed E-state index contributed by atoms with van der Waals surface area (Å²) in [5, 5.41) is 10.5. The van der Waals surface area contributed by atoms with E-state index in [1.165, 1.54) is 6.26 Å². The van der Waals surface area contributed by atoms with Gasteiger partial charge in [-0.05, 0) is 42.8 Å². The summed E-state index contributed by atoms with van der Waals surface area (Å²) in [5.74, 6) is 1.14. The van der Waals surface area contributed by atoms with Crippen LogP contribution in [0.1, 0.15) is 29.0 Å². The first kappa shape index (κ1) is 17.6. The highest BCUT2D eigenvalue weighted by Crippen LogP contribution is 2.26. The van der Waals surface area contributed by atoms with Crippen molar-refractivity contribution in [3.63, 3.8) is 0 Å². The minimum Gasteiger partial charge on any atom is -0.497 e. The SMILES string of the molecule is COc1cccc([C@@H](C)NC(=O)c2coc(-c3ccc4[nH]nc(N)c4c3)n2)c1. The minimum atomic E-state index is -0.325. The molecular weight excluding hydrogens is 358 g/mol. The Morgan fingerprint density at radius 2 is 2.14 bits per heavy atom. The van der Waals surface area contributed by atoms with Gasteiger partial charge in [0, 0.05) is 10.9 Å². The van der Waals surface area contributed by atoms with Crippen LogP contribution in [-0.2, 0) is 0 Å². The predicted octanol–water partition coefficient (Wildman–Crippen LogP) is 3.30. The van der Waals surface area contributed by atoms with Crippen LogP contribution in [-0.4, -0.2) is 28.2 Å². The highest BCUT2D eigenvalue weighted by Gasteiger charge is 2.17. The summed E-state index contributed by atoms with van der Waals surface area (Å²) in [7, 11) is 1.60. The van der Waals surface area contributed by atoms with Crippen LogP contribution in [0.2, 0.25) is 0 Å². The summed E-state index contributed by atoms with van der Waals surface area (Å²) < 4.78 is 10.7. The minimum absolute atomic E-state index is 0.199. The molecule has 2 aromatic carbocycles. The number of aromatic nitrogens is 3. The van der Waals surface area contributed by atoms with E-state index in [0.29, 0.717) is 17.3 Å². The second kappa shape index (κ2) is 7.07. The van der Waals surface area contributed by atoms with Gasteiger partial charge in [0.2, 0.25) is 5.89 Å². The number of H-pyrrole nitrogens is 1. The average Bonchev–Trinajstić information content (AvgIpc) is 3.35. The molecule has 0 saturated heterocycles. The third-order valence-corrected chi connectivity index (χ3v) is 4.52. The van der Waals surface area contributed by atoms with Crippen molar-refractivity contribution in [2.75, 3.05) is 12.8 Å². The number of benzene rings is 2. The summed E-state index contributed by atoms with van der Waals surface area (Å²) in [4.78, 5) is 16.9. The van der Waals surface area contributed by atoms with Crippen LogP contribution in [0.15, 0.2) is 53.1 Å². The molecule has 4 N–H and O–H groups in total. The maximum Gasteiger partial charge on any atom is 0.273 e. The number of rotatable bonds is 5. The normalized spacial score (nSPS) is 12.1. The average molecular weight is 377 g/mol. The number of ether oxygens (including phenoxy) is 1. The van der Waals surface area contributed by atoms with Crippen LogP contribution in [0.25, 0.3) is 22.4 Å². The van der Waals surface area contributed by atoms with E-state index in [2.05, 4.69) is 20.5 Å². The monoisotopic (exact) mass is 377 g/mol. The van der Waals surface area contributed by atoms with Crippen molar-refractivity contribution >= 4 is 22.6 Å². The second-order valence-corrected chi connectivity index (χ2v) is 6.38. The molecule has 28 heavy (non-hydrogen) atoms. The van der Waals surface area contributed by atoms with Crippen molar-refractivity contribution in [2.45, 2.75) is 13.0 Å². The van der Waals surface area contributed by atoms with Gasteiger partial charge in [-0.1, -0.05) is 12.1 Å². The zero-order valence-electron chi connectivity index (χ0n) is 15.4. The van der Waals surface area contributed by atoms with E-state index in [1.807, 2.05) is 49.4 Å². The van der Waals surface area contributed by atoms with E-state index in [4.69, 9.17) is 14.9 Å². The van der Waals surface area contributed by atoms with E-state index < -0.39 is 0 Å². The van der Waals surface area contributed by atoms with Gasteiger partial charge in [0.25, 0.3) is 5.91 Å². The van der Waals surface area contributed by atoms with Gasteiger partial charge in [0.1, 0.15) is 12.0 Å². The predicted molar refractivity (Wildman–Crippen MR) is 105 cm³/mol. The number of carbonyl (C=O) groups is 1. The maximum absolute atomic E-state index is 12.6. The first-order valence-electron chi connectivity index (χ1n) is 8.69. The number of nitrogens with zero attached hydrogens (tertiary/aromatic N) is 2. The van der Waals surface area contributed by atoms with E-state index >= 15 is 0 Å². The van der Waals surface area contributed by atoms with Crippen molar-refractivity contribution in [1.29, 1.82) is 0 Å². The number of nitrogens with one attached hydrogen (secondary N) is 2. The van der Waals surface area contributed by atoms with Gasteiger partial charge in [0.15, 0.2) is 11.5 Å². The molecule has 0 aliphatic carbocycles. The largest absolute Gasteiger partial charge is 0.497 e. The molecule has 1 amide bonds. The van der Waals surface area contributed by atoms with Crippen molar-refractivity contribution in [3.8, 4) is 17.2 Å². The smallest absolute Gasteiger partial charge is 0.273 e. The number of anilines is 1. The number of amides is 1. The molecule has 1 atom stereocenters. The van der Waals surface area contributed by atoms with Crippen LogP contribution in [0, 0.1) is 0 Å². The number of hydrogen-bond donors (Lipinski definition) is 3. The molecule has 0 spiro atoms. The molecule has 2 aromatic heterocycles. The molecule has 2 heterocycles. The Morgan fingerprint density at radius 1 is 1.29 bits per heavy atom. The summed E-state index contributed by atoms with van der Waals surface area (Å²) in [6.07, 6.45) is 1.34. The molecule has 0 bridgehead atoms. The molecule has 142 valence electrons. The molecular formula is C20H19N5O3. The van der Waals surface area contributed by atoms with Gasteiger partial charge >= 0.3 is 0 Å². The Bertz CT molecular complexity index is 1150. The number of hydrogen-bond acceptors (Lipinski definition) is 6. The highest BCUT2D eigenvalue weighted by molar-refractivity contribution is 5.94. The molecule has 0 aliphatic heterocycles. The van der Waals surface area contributed by atoms with E-state index in [1.54, 1.807) is 7.11 Å². The lowest BCUT2D eigenvalue weighted by Gasteiger charge is -2.14. The van der Waals surface area contributed by atoms with Gasteiger partial charge in [-0.3, -0.25) is 9.89 Å². The summed E-state index contributed by atoms with van der Waals surface area (Å²) in [6, 6.07) is 12.8. The number of aromatic amines is 1. The Labute approximate surface area is 160 Å². The van der Waals surface area contributed by atoms with Gasteiger partial charge in [-0.2, -0.15) is 5.10 Å². The van der Waals surface area contributed by atoms with Crippen molar-refractivity contribution in [2.24, 2.45) is 0 Å². The second-order valence-electron chi connectivity index (χ2n) is 6.38. The zero-order valence-corrected chi connectivity index (χ0v) is 15.4. The standard InChI is InChI=1S/C20H19N5O3/c1-11(12-4-3-5-14(8-12)27-2)22-19(26)17-10-28-20(23-17)13-6-7-16-15(9-13)18(21)25-24-16/h3-11H,1-2H3,(H,22,26)(H3,21,24,25)/t11-/m1/s1. The fourth-order valence-corrected chi connectivity index (χ4v) is 2.94. The number of carbonyl (C=O) groups excluding carboxylic acids is 1. The number of fused-ring (bicyclic) bond motifs is 1. The fourth-order valence-electron chi connectivity index (χ4n) is 2.94. The van der Waals surface area contributed by atoms with Crippen LogP contribution in [0.5, 0.6) is 5.75 Å². The van der Waals surface area contributed by atoms with Crippen LogP contribution >= 0.6 is 0 Å². The van der Waals surface area contributed by atoms with Gasteiger partial charge in [0.05, 0.1) is 18.7 Å². The molecule has 0 unspecified atom stereocenters. The van der Waals surface area contributed by atoms with Crippen LogP contribution in [0.4, 0.5) is 5.82 Å². The van der Waals surface area contributed by atoms with E-state index in [9.17, 15) is 4.79 Å². The van der Waals surface area contributed by atoms with Crippen molar-refractivity contribution < 1.29 is 13.9 Å².